The third kappa shape index (κ3) is 3.47. The zero-order chi connectivity index (χ0) is 18.9. The molecule has 0 aliphatic rings. The van der Waals surface area contributed by atoms with Crippen LogP contribution in [0.3, 0.4) is 0 Å². The number of aliphatic hydroxyl groups is 1. The Morgan fingerprint density at radius 3 is 2.08 bits per heavy atom. The Morgan fingerprint density at radius 2 is 1.62 bits per heavy atom. The van der Waals surface area contributed by atoms with Crippen LogP contribution in [0.2, 0.25) is 0 Å². The molecule has 1 aromatic rings. The van der Waals surface area contributed by atoms with Gasteiger partial charge in [0.15, 0.2) is 6.10 Å². The van der Waals surface area contributed by atoms with E-state index in [9.17, 15) is 40.2 Å². The van der Waals surface area contributed by atoms with E-state index in [1.54, 1.807) is 0 Å². The van der Waals surface area contributed by atoms with Gasteiger partial charge in [-0.25, -0.2) is 8.78 Å². The summed E-state index contributed by atoms with van der Waals surface area (Å²) in [4.78, 5) is 0. The molecule has 0 saturated heterocycles. The maximum absolute atomic E-state index is 13.5. The first-order valence-corrected chi connectivity index (χ1v) is 6.15. The maximum atomic E-state index is 13.5. The summed E-state index contributed by atoms with van der Waals surface area (Å²) in [5, 5.41) is 14.1. The fraction of sp³-hybridized carbons (Fsp3) is 0.583. The topological polar surface area (TPSA) is 49.0 Å². The van der Waals surface area contributed by atoms with Gasteiger partial charge in [-0.15, -0.1) is 0 Å². The smallest absolute Gasteiger partial charge is 0.381 e. The zero-order valence-corrected chi connectivity index (χ0v) is 12.2. The van der Waals surface area contributed by atoms with Crippen LogP contribution in [0.4, 0.5) is 35.1 Å². The third-order valence-corrected chi connectivity index (χ3v) is 2.79. The summed E-state index contributed by atoms with van der Waals surface area (Å²) in [6.45, 7) is 0. The minimum Gasteiger partial charge on any atom is -0.457 e. The van der Waals surface area contributed by atoms with E-state index in [0.29, 0.717) is 6.07 Å². The van der Waals surface area contributed by atoms with Crippen molar-refractivity contribution in [3.8, 4) is 0 Å². The van der Waals surface area contributed by atoms with E-state index in [4.69, 9.17) is 0 Å². The Hall–Kier alpha value is -1.85. The minimum absolute atomic E-state index is 0.266. The molecule has 12 heteroatoms. The zero-order valence-electron chi connectivity index (χ0n) is 12.2. The number of hydrogen-bond donors (Lipinski definition) is 1. The molecule has 1 rings (SSSR count). The lowest BCUT2D eigenvalue weighted by Gasteiger charge is -2.34. The van der Waals surface area contributed by atoms with Crippen LogP contribution in [0.15, 0.2) is 21.7 Å². The molecular weight excluding hydrogens is 356 g/mol. The summed E-state index contributed by atoms with van der Waals surface area (Å²) >= 11 is 0. The molecule has 4 nitrogen and oxygen atoms in total. The second-order valence-electron chi connectivity index (χ2n) is 4.86. The molecule has 1 atom stereocenters. The molecule has 0 saturated carbocycles. The summed E-state index contributed by atoms with van der Waals surface area (Å²) in [5.41, 5.74) is 0. The van der Waals surface area contributed by atoms with Gasteiger partial charge < -0.3 is 14.5 Å². The van der Waals surface area contributed by atoms with Crippen LogP contribution in [-0.4, -0.2) is 54.6 Å². The molecule has 0 fully saturated rings. The molecule has 0 aromatic carbocycles. The van der Waals surface area contributed by atoms with E-state index in [0.717, 1.165) is 12.3 Å². The quantitative estimate of drug-likeness (QED) is 0.456. The Labute approximate surface area is 130 Å². The van der Waals surface area contributed by atoms with E-state index < -0.39 is 36.1 Å². The number of aliphatic hydroxyl groups excluding tert-OH is 1. The number of rotatable bonds is 7. The summed E-state index contributed by atoms with van der Waals surface area (Å²) in [5.74, 6) is -20.3. The van der Waals surface area contributed by atoms with Crippen LogP contribution >= 0.6 is 0 Å². The normalized spacial score (nSPS) is 15.3. The average Bonchev–Trinajstić information content (AvgIpc) is 2.92. The van der Waals surface area contributed by atoms with Crippen molar-refractivity contribution in [2.24, 2.45) is 5.10 Å². The highest BCUT2D eigenvalue weighted by Crippen LogP contribution is 2.53. The second-order valence-corrected chi connectivity index (χ2v) is 4.86. The Balaban J connectivity index is 3.14. The lowest BCUT2D eigenvalue weighted by molar-refractivity contribution is -0.358. The van der Waals surface area contributed by atoms with Crippen molar-refractivity contribution in [3.63, 3.8) is 0 Å². The third-order valence-electron chi connectivity index (χ3n) is 2.79. The lowest BCUT2D eigenvalue weighted by atomic mass is 9.98. The molecule has 1 N–H and O–H groups in total. The van der Waals surface area contributed by atoms with Crippen LogP contribution in [0.1, 0.15) is 17.6 Å². The van der Waals surface area contributed by atoms with Crippen molar-refractivity contribution in [1.29, 1.82) is 0 Å². The molecule has 0 radical (unpaired) electrons. The van der Waals surface area contributed by atoms with Gasteiger partial charge in [-0.1, -0.05) is 0 Å². The molecule has 1 aromatic heterocycles. The summed E-state index contributed by atoms with van der Waals surface area (Å²) < 4.78 is 108. The summed E-state index contributed by atoms with van der Waals surface area (Å²) in [6.07, 6.45) is -7.69. The molecule has 1 heterocycles. The molecule has 138 valence electrons. The van der Waals surface area contributed by atoms with Gasteiger partial charge in [0, 0.05) is 14.1 Å². The highest BCUT2D eigenvalue weighted by molar-refractivity contribution is 5.75. The van der Waals surface area contributed by atoms with E-state index in [-0.39, 0.29) is 5.76 Å². The highest BCUT2D eigenvalue weighted by Gasteiger charge is 2.77. The summed E-state index contributed by atoms with van der Waals surface area (Å²) in [7, 11) is 2.96. The van der Waals surface area contributed by atoms with Gasteiger partial charge in [0.2, 0.25) is 0 Å². The predicted molar refractivity (Wildman–Crippen MR) is 65.8 cm³/mol. The summed E-state index contributed by atoms with van der Waals surface area (Å²) in [6, 6.07) is 1.54. The number of hydrogen-bond acceptors (Lipinski definition) is 4. The molecular formula is C12H12F8N2O2. The first-order valence-electron chi connectivity index (χ1n) is 6.15. The molecule has 0 bridgehead atoms. The minimum atomic E-state index is -6.53. The molecule has 0 spiro atoms. The number of alkyl halides is 8. The monoisotopic (exact) mass is 368 g/mol. The van der Waals surface area contributed by atoms with E-state index >= 15 is 0 Å². The Morgan fingerprint density at radius 1 is 1.08 bits per heavy atom. The fourth-order valence-corrected chi connectivity index (χ4v) is 1.47. The van der Waals surface area contributed by atoms with Gasteiger partial charge in [0.05, 0.1) is 6.21 Å². The van der Waals surface area contributed by atoms with Gasteiger partial charge in [0.1, 0.15) is 11.5 Å². The van der Waals surface area contributed by atoms with Crippen molar-refractivity contribution < 1.29 is 44.6 Å². The number of halogens is 8. The van der Waals surface area contributed by atoms with Gasteiger partial charge in [-0.3, -0.25) is 0 Å². The standard InChI is InChI=1S/C12H12F8N2O2/c1-22(2)21-5-6-3-4-7(24-6)8(23)10(15,16)12(19,20)11(17,18)9(13)14/h3-5,8-9,23H,1-2H3/b21-5-/t8-/m1/s1. The Kier molecular flexibility index (Phi) is 5.53. The van der Waals surface area contributed by atoms with Gasteiger partial charge in [-0.05, 0) is 12.1 Å². The van der Waals surface area contributed by atoms with E-state index in [2.05, 4.69) is 9.52 Å². The second kappa shape index (κ2) is 6.57. The first-order chi connectivity index (χ1) is 10.7. The lowest BCUT2D eigenvalue weighted by Crippen LogP contribution is -2.59. The van der Waals surface area contributed by atoms with Gasteiger partial charge >= 0.3 is 24.2 Å². The van der Waals surface area contributed by atoms with Crippen molar-refractivity contribution in [2.75, 3.05) is 14.1 Å². The number of nitrogens with zero attached hydrogens (tertiary/aromatic N) is 2. The number of furan rings is 1. The van der Waals surface area contributed by atoms with Crippen LogP contribution in [0, 0.1) is 0 Å². The molecule has 0 aliphatic carbocycles. The van der Waals surface area contributed by atoms with Crippen molar-refractivity contribution in [3.05, 3.63) is 23.7 Å². The van der Waals surface area contributed by atoms with Crippen LogP contribution in [0.25, 0.3) is 0 Å². The molecule has 24 heavy (non-hydrogen) atoms. The van der Waals surface area contributed by atoms with Crippen molar-refractivity contribution in [1.82, 2.24) is 5.01 Å². The molecule has 0 unspecified atom stereocenters. The van der Waals surface area contributed by atoms with Gasteiger partial charge in [0.25, 0.3) is 0 Å². The predicted octanol–water partition coefficient (Wildman–Crippen LogP) is 3.38. The van der Waals surface area contributed by atoms with Crippen LogP contribution in [-0.2, 0) is 0 Å². The fourth-order valence-electron chi connectivity index (χ4n) is 1.47. The maximum Gasteiger partial charge on any atom is 0.381 e. The Bertz CT molecular complexity index is 585. The van der Waals surface area contributed by atoms with Crippen molar-refractivity contribution >= 4 is 6.21 Å². The van der Waals surface area contributed by atoms with Crippen LogP contribution in [0.5, 0.6) is 0 Å². The van der Waals surface area contributed by atoms with E-state index in [1.165, 1.54) is 19.1 Å². The van der Waals surface area contributed by atoms with E-state index in [1.807, 2.05) is 0 Å². The number of hydrazone groups is 1. The van der Waals surface area contributed by atoms with Crippen molar-refractivity contribution in [2.45, 2.75) is 30.3 Å². The largest absolute Gasteiger partial charge is 0.457 e. The SMILES string of the molecule is CN(C)/N=C\c1ccc([C@@H](O)C(F)(F)C(F)(F)C(F)(F)C(F)F)o1. The van der Waals surface area contributed by atoms with Gasteiger partial charge in [-0.2, -0.15) is 31.4 Å². The first kappa shape index (κ1) is 20.2. The highest BCUT2D eigenvalue weighted by atomic mass is 19.4. The molecule has 0 aliphatic heterocycles. The average molecular weight is 368 g/mol. The molecule has 0 amide bonds. The van der Waals surface area contributed by atoms with Crippen LogP contribution < -0.4 is 0 Å².